The van der Waals surface area contributed by atoms with Gasteiger partial charge in [0.05, 0.1) is 6.54 Å². The van der Waals surface area contributed by atoms with E-state index in [1.54, 1.807) is 0 Å². The number of aromatic nitrogens is 1. The first-order valence-electron chi connectivity index (χ1n) is 7.84. The molecule has 23 heavy (non-hydrogen) atoms. The van der Waals surface area contributed by atoms with Gasteiger partial charge in [-0.2, -0.15) is 0 Å². The Morgan fingerprint density at radius 3 is 2.87 bits per heavy atom. The summed E-state index contributed by atoms with van der Waals surface area (Å²) >= 11 is 0. The molecule has 4 nitrogen and oxygen atoms in total. The molecule has 3 N–H and O–H groups in total. The van der Waals surface area contributed by atoms with Gasteiger partial charge in [-0.1, -0.05) is 30.3 Å². The Kier molecular flexibility index (Phi) is 4.74. The summed E-state index contributed by atoms with van der Waals surface area (Å²) in [6.45, 7) is 3.09. The highest BCUT2D eigenvalue weighted by atomic mass is 16.1. The lowest BCUT2D eigenvalue weighted by Gasteiger charge is -2.07. The van der Waals surface area contributed by atoms with E-state index in [1.807, 2.05) is 49.5 Å². The minimum atomic E-state index is -0.0190. The average Bonchev–Trinajstić information content (AvgIpc) is 2.95. The van der Waals surface area contributed by atoms with Crippen LogP contribution in [0.25, 0.3) is 10.9 Å². The molecule has 0 spiro atoms. The Hall–Kier alpha value is -2.59. The summed E-state index contributed by atoms with van der Waals surface area (Å²) in [4.78, 5) is 15.2. The van der Waals surface area contributed by atoms with E-state index < -0.39 is 0 Å². The van der Waals surface area contributed by atoms with Gasteiger partial charge in [-0.15, -0.1) is 0 Å². The number of hydrogen-bond acceptors (Lipinski definition) is 2. The van der Waals surface area contributed by atoms with E-state index in [0.29, 0.717) is 6.54 Å². The van der Waals surface area contributed by atoms with Gasteiger partial charge in [0, 0.05) is 22.8 Å². The fourth-order valence-electron chi connectivity index (χ4n) is 2.69. The number of carbonyl (C=O) groups excluding carboxylic acids is 1. The second-order valence-electron chi connectivity index (χ2n) is 5.70. The molecule has 0 unspecified atom stereocenters. The van der Waals surface area contributed by atoms with Gasteiger partial charge in [0.1, 0.15) is 0 Å². The molecule has 0 bridgehead atoms. The summed E-state index contributed by atoms with van der Waals surface area (Å²) in [5.41, 5.74) is 4.40. The number of fused-ring (bicyclic) bond motifs is 1. The Labute approximate surface area is 135 Å². The van der Waals surface area contributed by atoms with Crippen molar-refractivity contribution in [2.75, 3.05) is 18.4 Å². The van der Waals surface area contributed by atoms with Crippen LogP contribution < -0.4 is 10.6 Å². The quantitative estimate of drug-likeness (QED) is 0.612. The van der Waals surface area contributed by atoms with Crippen molar-refractivity contribution in [1.29, 1.82) is 0 Å². The van der Waals surface area contributed by atoms with Crippen molar-refractivity contribution in [2.45, 2.75) is 13.3 Å². The van der Waals surface area contributed by atoms with Crippen LogP contribution in [0.3, 0.4) is 0 Å². The highest BCUT2D eigenvalue weighted by Crippen LogP contribution is 2.17. The summed E-state index contributed by atoms with van der Waals surface area (Å²) in [6.07, 6.45) is 2.93. The number of aryl methyl sites for hydroxylation is 1. The number of anilines is 1. The molecule has 0 aliphatic carbocycles. The van der Waals surface area contributed by atoms with E-state index in [4.69, 9.17) is 0 Å². The first kappa shape index (κ1) is 15.3. The molecule has 1 amide bonds. The highest BCUT2D eigenvalue weighted by Gasteiger charge is 2.04. The monoisotopic (exact) mass is 307 g/mol. The van der Waals surface area contributed by atoms with Gasteiger partial charge < -0.3 is 15.6 Å². The number of amides is 1. The van der Waals surface area contributed by atoms with Crippen LogP contribution in [-0.4, -0.2) is 24.0 Å². The molecule has 4 heteroatoms. The third-order valence-electron chi connectivity index (χ3n) is 3.83. The minimum absolute atomic E-state index is 0.0190. The Morgan fingerprint density at radius 2 is 2.00 bits per heavy atom. The van der Waals surface area contributed by atoms with Crippen LogP contribution in [-0.2, 0) is 11.2 Å². The number of hydrogen-bond donors (Lipinski definition) is 3. The Balaban J connectivity index is 1.45. The van der Waals surface area contributed by atoms with E-state index in [0.717, 1.165) is 29.7 Å². The summed E-state index contributed by atoms with van der Waals surface area (Å²) in [7, 11) is 0. The molecule has 118 valence electrons. The van der Waals surface area contributed by atoms with E-state index >= 15 is 0 Å². The zero-order valence-corrected chi connectivity index (χ0v) is 13.2. The second kappa shape index (κ2) is 7.11. The minimum Gasteiger partial charge on any atom is -0.361 e. The lowest BCUT2D eigenvalue weighted by molar-refractivity contribution is -0.115. The number of benzene rings is 2. The van der Waals surface area contributed by atoms with Gasteiger partial charge >= 0.3 is 0 Å². The Morgan fingerprint density at radius 1 is 1.13 bits per heavy atom. The molecule has 0 fully saturated rings. The molecule has 0 atom stereocenters. The van der Waals surface area contributed by atoms with Crippen LogP contribution in [0.5, 0.6) is 0 Å². The van der Waals surface area contributed by atoms with Gasteiger partial charge in [-0.3, -0.25) is 4.79 Å². The van der Waals surface area contributed by atoms with E-state index in [1.165, 1.54) is 10.9 Å². The van der Waals surface area contributed by atoms with Crippen molar-refractivity contribution in [3.8, 4) is 0 Å². The first-order chi connectivity index (χ1) is 11.2. The molecule has 1 heterocycles. The van der Waals surface area contributed by atoms with Crippen molar-refractivity contribution >= 4 is 22.5 Å². The summed E-state index contributed by atoms with van der Waals surface area (Å²) < 4.78 is 0. The number of H-pyrrole nitrogens is 1. The molecule has 0 saturated carbocycles. The lowest BCUT2D eigenvalue weighted by atomic mass is 10.1. The molecular formula is C19H21N3O. The molecule has 1 aromatic heterocycles. The normalized spacial score (nSPS) is 10.8. The summed E-state index contributed by atoms with van der Waals surface area (Å²) in [5, 5.41) is 7.34. The number of rotatable bonds is 6. The van der Waals surface area contributed by atoms with Crippen LogP contribution in [0, 0.1) is 6.92 Å². The third-order valence-corrected chi connectivity index (χ3v) is 3.83. The lowest BCUT2D eigenvalue weighted by Crippen LogP contribution is -2.29. The zero-order valence-electron chi connectivity index (χ0n) is 13.2. The number of nitrogens with one attached hydrogen (secondary N) is 3. The maximum atomic E-state index is 11.9. The van der Waals surface area contributed by atoms with Crippen LogP contribution in [0.1, 0.15) is 11.1 Å². The summed E-state index contributed by atoms with van der Waals surface area (Å²) in [5.74, 6) is -0.0190. The third kappa shape index (κ3) is 3.99. The van der Waals surface area contributed by atoms with Crippen molar-refractivity contribution in [3.63, 3.8) is 0 Å². The maximum absolute atomic E-state index is 11.9. The molecule has 2 aromatic carbocycles. The molecular weight excluding hydrogens is 286 g/mol. The predicted octanol–water partition coefficient (Wildman–Crippen LogP) is 3.25. The molecule has 0 saturated heterocycles. The van der Waals surface area contributed by atoms with Crippen molar-refractivity contribution in [3.05, 3.63) is 65.9 Å². The Bertz CT molecular complexity index is 807. The molecule has 0 aliphatic heterocycles. The fraction of sp³-hybridized carbons (Fsp3) is 0.211. The topological polar surface area (TPSA) is 56.9 Å². The van der Waals surface area contributed by atoms with Crippen LogP contribution >= 0.6 is 0 Å². The molecule has 3 aromatic rings. The van der Waals surface area contributed by atoms with Gasteiger partial charge in [0.15, 0.2) is 0 Å². The molecule has 0 aliphatic rings. The number of aromatic amines is 1. The van der Waals surface area contributed by atoms with E-state index in [9.17, 15) is 4.79 Å². The highest BCUT2D eigenvalue weighted by molar-refractivity contribution is 5.92. The maximum Gasteiger partial charge on any atom is 0.238 e. The largest absolute Gasteiger partial charge is 0.361 e. The smallest absolute Gasteiger partial charge is 0.238 e. The van der Waals surface area contributed by atoms with Gasteiger partial charge in [-0.25, -0.2) is 0 Å². The number of para-hydroxylation sites is 1. The van der Waals surface area contributed by atoms with Gasteiger partial charge in [-0.05, 0) is 49.2 Å². The van der Waals surface area contributed by atoms with Crippen molar-refractivity contribution < 1.29 is 4.79 Å². The van der Waals surface area contributed by atoms with Crippen molar-refractivity contribution in [2.24, 2.45) is 0 Å². The predicted molar refractivity (Wildman–Crippen MR) is 94.7 cm³/mol. The number of carbonyl (C=O) groups is 1. The fourth-order valence-corrected chi connectivity index (χ4v) is 2.69. The van der Waals surface area contributed by atoms with Gasteiger partial charge in [0.25, 0.3) is 0 Å². The SMILES string of the molecule is Cc1cccc(NC(=O)CNCCc2c[nH]c3ccccc23)c1. The molecule has 0 radical (unpaired) electrons. The molecule has 3 rings (SSSR count). The standard InChI is InChI=1S/C19H21N3O/c1-14-5-4-6-16(11-14)22-19(23)13-20-10-9-15-12-21-18-8-3-2-7-17(15)18/h2-8,11-12,20-21H,9-10,13H2,1H3,(H,22,23). The van der Waals surface area contributed by atoms with Crippen LogP contribution in [0.2, 0.25) is 0 Å². The first-order valence-corrected chi connectivity index (χ1v) is 7.84. The summed E-state index contributed by atoms with van der Waals surface area (Å²) in [6, 6.07) is 16.1. The van der Waals surface area contributed by atoms with E-state index in [-0.39, 0.29) is 5.91 Å². The van der Waals surface area contributed by atoms with E-state index in [2.05, 4.69) is 27.8 Å². The van der Waals surface area contributed by atoms with Crippen LogP contribution in [0.4, 0.5) is 5.69 Å². The van der Waals surface area contributed by atoms with Crippen molar-refractivity contribution in [1.82, 2.24) is 10.3 Å². The second-order valence-corrected chi connectivity index (χ2v) is 5.70. The van der Waals surface area contributed by atoms with Crippen LogP contribution in [0.15, 0.2) is 54.7 Å². The zero-order chi connectivity index (χ0) is 16.1. The average molecular weight is 307 g/mol. The van der Waals surface area contributed by atoms with Gasteiger partial charge in [0.2, 0.25) is 5.91 Å².